The van der Waals surface area contributed by atoms with Gasteiger partial charge in [0.05, 0.1) is 12.6 Å². The highest BCUT2D eigenvalue weighted by atomic mass is 32.1. The van der Waals surface area contributed by atoms with Gasteiger partial charge in [-0.15, -0.1) is 11.3 Å². The number of methoxy groups -OCH3 is 1. The molecule has 2 heterocycles. The molecule has 2 aromatic heterocycles. The predicted octanol–water partition coefficient (Wildman–Crippen LogP) is 4.06. The molecular formula is C17H20N2OS. The zero-order valence-electron chi connectivity index (χ0n) is 12.4. The van der Waals surface area contributed by atoms with E-state index >= 15 is 0 Å². The van der Waals surface area contributed by atoms with Gasteiger partial charge in [-0.1, -0.05) is 12.1 Å². The highest BCUT2D eigenvalue weighted by Crippen LogP contribution is 2.26. The molecule has 3 rings (SSSR count). The SMILES string of the molecule is COc1cccc2c1ccn2CCNC(C)c1cccs1. The molecule has 0 aliphatic heterocycles. The second kappa shape index (κ2) is 6.33. The standard InChI is InChI=1S/C17H20N2OS/c1-13(17-7-4-12-21-17)18-9-11-19-10-8-14-15(19)5-3-6-16(14)20-2/h3-8,10,12-13,18H,9,11H2,1-2H3. The molecule has 3 aromatic rings. The molecule has 4 heteroatoms. The van der Waals surface area contributed by atoms with Crippen molar-refractivity contribution in [1.82, 2.24) is 9.88 Å². The predicted molar refractivity (Wildman–Crippen MR) is 89.2 cm³/mol. The van der Waals surface area contributed by atoms with Crippen LogP contribution in [0.2, 0.25) is 0 Å². The Bertz CT molecular complexity index is 703. The van der Waals surface area contributed by atoms with E-state index in [1.54, 1.807) is 18.4 Å². The normalized spacial score (nSPS) is 12.7. The number of hydrogen-bond acceptors (Lipinski definition) is 3. The van der Waals surface area contributed by atoms with Gasteiger partial charge in [-0.05, 0) is 36.6 Å². The lowest BCUT2D eigenvalue weighted by molar-refractivity contribution is 0.420. The summed E-state index contributed by atoms with van der Waals surface area (Å²) in [5, 5.41) is 6.87. The van der Waals surface area contributed by atoms with Crippen LogP contribution in [0.15, 0.2) is 48.0 Å². The van der Waals surface area contributed by atoms with Gasteiger partial charge in [-0.2, -0.15) is 0 Å². The first-order valence-corrected chi connectivity index (χ1v) is 8.06. The molecule has 1 unspecified atom stereocenters. The molecule has 1 N–H and O–H groups in total. The van der Waals surface area contributed by atoms with Crippen molar-refractivity contribution in [2.75, 3.05) is 13.7 Å². The van der Waals surface area contributed by atoms with Gasteiger partial charge in [0.25, 0.3) is 0 Å². The molecule has 0 aliphatic rings. The third-order valence-electron chi connectivity index (χ3n) is 3.77. The Morgan fingerprint density at radius 1 is 1.24 bits per heavy atom. The highest BCUT2D eigenvalue weighted by Gasteiger charge is 2.07. The van der Waals surface area contributed by atoms with Crippen LogP contribution in [0, 0.1) is 0 Å². The zero-order chi connectivity index (χ0) is 14.7. The van der Waals surface area contributed by atoms with E-state index in [1.165, 1.54) is 15.8 Å². The highest BCUT2D eigenvalue weighted by molar-refractivity contribution is 7.10. The number of rotatable bonds is 6. The molecule has 0 radical (unpaired) electrons. The first-order chi connectivity index (χ1) is 10.3. The summed E-state index contributed by atoms with van der Waals surface area (Å²) in [5.74, 6) is 0.936. The Labute approximate surface area is 129 Å². The number of fused-ring (bicyclic) bond motifs is 1. The maximum absolute atomic E-state index is 5.40. The number of ether oxygens (including phenoxy) is 1. The fourth-order valence-corrected chi connectivity index (χ4v) is 3.37. The Morgan fingerprint density at radius 3 is 2.90 bits per heavy atom. The van der Waals surface area contributed by atoms with Crippen LogP contribution in [0.3, 0.4) is 0 Å². The third kappa shape index (κ3) is 2.96. The number of aromatic nitrogens is 1. The van der Waals surface area contributed by atoms with Crippen molar-refractivity contribution >= 4 is 22.2 Å². The molecule has 3 nitrogen and oxygen atoms in total. The molecule has 1 aromatic carbocycles. The summed E-state index contributed by atoms with van der Waals surface area (Å²) >= 11 is 1.80. The summed E-state index contributed by atoms with van der Waals surface area (Å²) < 4.78 is 7.67. The first-order valence-electron chi connectivity index (χ1n) is 7.18. The van der Waals surface area contributed by atoms with E-state index in [9.17, 15) is 0 Å². The molecule has 0 fully saturated rings. The van der Waals surface area contributed by atoms with Crippen molar-refractivity contribution in [3.8, 4) is 5.75 Å². The van der Waals surface area contributed by atoms with Gasteiger partial charge < -0.3 is 14.6 Å². The molecule has 0 aliphatic carbocycles. The van der Waals surface area contributed by atoms with E-state index in [-0.39, 0.29) is 0 Å². The molecule has 0 bridgehead atoms. The summed E-state index contributed by atoms with van der Waals surface area (Å²) in [7, 11) is 1.72. The maximum Gasteiger partial charge on any atom is 0.128 e. The molecule has 1 atom stereocenters. The minimum atomic E-state index is 0.404. The fraction of sp³-hybridized carbons (Fsp3) is 0.294. The lowest BCUT2D eigenvalue weighted by atomic mass is 10.2. The van der Waals surface area contributed by atoms with Crippen molar-refractivity contribution in [2.45, 2.75) is 19.5 Å². The first kappa shape index (κ1) is 14.2. The molecule has 0 amide bonds. The van der Waals surface area contributed by atoms with E-state index in [0.717, 1.165) is 18.8 Å². The van der Waals surface area contributed by atoms with Crippen molar-refractivity contribution in [3.05, 3.63) is 52.9 Å². The summed E-state index contributed by atoms with van der Waals surface area (Å²) in [5.41, 5.74) is 1.22. The van der Waals surface area contributed by atoms with E-state index in [2.05, 4.69) is 52.7 Å². The van der Waals surface area contributed by atoms with Crippen LogP contribution in [0.5, 0.6) is 5.75 Å². The molecule has 0 spiro atoms. The van der Waals surface area contributed by atoms with Crippen LogP contribution in [0.25, 0.3) is 10.9 Å². The van der Waals surface area contributed by atoms with Crippen molar-refractivity contribution in [1.29, 1.82) is 0 Å². The Balaban J connectivity index is 1.66. The van der Waals surface area contributed by atoms with Crippen LogP contribution in [-0.4, -0.2) is 18.2 Å². The summed E-state index contributed by atoms with van der Waals surface area (Å²) in [6, 6.07) is 13.0. The van der Waals surface area contributed by atoms with Gasteiger partial charge >= 0.3 is 0 Å². The van der Waals surface area contributed by atoms with Gasteiger partial charge in [0.2, 0.25) is 0 Å². The van der Waals surface area contributed by atoms with E-state index in [4.69, 9.17) is 4.74 Å². The average molecular weight is 300 g/mol. The number of hydrogen-bond donors (Lipinski definition) is 1. The Kier molecular flexibility index (Phi) is 4.27. The van der Waals surface area contributed by atoms with Crippen LogP contribution in [-0.2, 0) is 6.54 Å². The van der Waals surface area contributed by atoms with Crippen molar-refractivity contribution in [2.24, 2.45) is 0 Å². The van der Waals surface area contributed by atoms with Crippen LogP contribution >= 0.6 is 11.3 Å². The van der Waals surface area contributed by atoms with Gasteiger partial charge in [0, 0.05) is 35.6 Å². The van der Waals surface area contributed by atoms with E-state index in [0.29, 0.717) is 6.04 Å². The summed E-state index contributed by atoms with van der Waals surface area (Å²) in [6.45, 7) is 4.11. The zero-order valence-corrected chi connectivity index (χ0v) is 13.2. The molecular weight excluding hydrogens is 280 g/mol. The largest absolute Gasteiger partial charge is 0.496 e. The fourth-order valence-electron chi connectivity index (χ4n) is 2.61. The number of thiophene rings is 1. The molecule has 0 saturated heterocycles. The number of nitrogens with one attached hydrogen (secondary N) is 1. The minimum absolute atomic E-state index is 0.404. The minimum Gasteiger partial charge on any atom is -0.496 e. The van der Waals surface area contributed by atoms with Gasteiger partial charge in [0.1, 0.15) is 5.75 Å². The monoisotopic (exact) mass is 300 g/mol. The van der Waals surface area contributed by atoms with Gasteiger partial charge in [-0.3, -0.25) is 0 Å². The smallest absolute Gasteiger partial charge is 0.128 e. The topological polar surface area (TPSA) is 26.2 Å². The quantitative estimate of drug-likeness (QED) is 0.743. The van der Waals surface area contributed by atoms with Gasteiger partial charge in [-0.25, -0.2) is 0 Å². The number of benzene rings is 1. The Morgan fingerprint density at radius 2 is 2.14 bits per heavy atom. The summed E-state index contributed by atoms with van der Waals surface area (Å²) in [6.07, 6.45) is 2.13. The molecule has 0 saturated carbocycles. The number of nitrogens with zero attached hydrogens (tertiary/aromatic N) is 1. The van der Waals surface area contributed by atoms with Crippen LogP contribution < -0.4 is 10.1 Å². The molecule has 110 valence electrons. The third-order valence-corrected chi connectivity index (χ3v) is 4.82. The lowest BCUT2D eigenvalue weighted by Crippen LogP contribution is -2.22. The van der Waals surface area contributed by atoms with Crippen molar-refractivity contribution < 1.29 is 4.74 Å². The second-order valence-corrected chi connectivity index (χ2v) is 6.07. The van der Waals surface area contributed by atoms with Crippen molar-refractivity contribution in [3.63, 3.8) is 0 Å². The van der Waals surface area contributed by atoms with E-state index < -0.39 is 0 Å². The average Bonchev–Trinajstić information content (AvgIpc) is 3.16. The second-order valence-electron chi connectivity index (χ2n) is 5.09. The Hall–Kier alpha value is -1.78. The van der Waals surface area contributed by atoms with Crippen LogP contribution in [0.1, 0.15) is 17.8 Å². The summed E-state index contributed by atoms with van der Waals surface area (Å²) in [4.78, 5) is 1.38. The molecule has 21 heavy (non-hydrogen) atoms. The maximum atomic E-state index is 5.40. The lowest BCUT2D eigenvalue weighted by Gasteiger charge is -2.13. The van der Waals surface area contributed by atoms with E-state index in [1.807, 2.05) is 12.1 Å². The van der Waals surface area contributed by atoms with Crippen LogP contribution in [0.4, 0.5) is 0 Å². The van der Waals surface area contributed by atoms with Gasteiger partial charge in [0.15, 0.2) is 0 Å².